The van der Waals surface area contributed by atoms with Crippen molar-refractivity contribution in [1.82, 2.24) is 10.2 Å². The lowest BCUT2D eigenvalue weighted by molar-refractivity contribution is 0.0421. The van der Waals surface area contributed by atoms with Gasteiger partial charge in [-0.25, -0.2) is 0 Å². The van der Waals surface area contributed by atoms with Crippen molar-refractivity contribution in [3.63, 3.8) is 0 Å². The van der Waals surface area contributed by atoms with Crippen LogP contribution >= 0.6 is 0 Å². The third-order valence-electron chi connectivity index (χ3n) is 5.08. The van der Waals surface area contributed by atoms with E-state index in [2.05, 4.69) is 37.9 Å². The summed E-state index contributed by atoms with van der Waals surface area (Å²) in [5.74, 6) is 1.57. The van der Waals surface area contributed by atoms with Gasteiger partial charge in [0.15, 0.2) is 0 Å². The summed E-state index contributed by atoms with van der Waals surface area (Å²) in [4.78, 5) is 2.89. The van der Waals surface area contributed by atoms with E-state index in [4.69, 9.17) is 0 Å². The fraction of sp³-hybridized carbons (Fsp3) is 1.00. The van der Waals surface area contributed by atoms with Crippen molar-refractivity contribution in [2.45, 2.75) is 84.3 Å². The van der Waals surface area contributed by atoms with E-state index in [0.717, 1.165) is 23.9 Å². The van der Waals surface area contributed by atoms with Crippen LogP contribution in [0.1, 0.15) is 66.2 Å². The minimum Gasteiger partial charge on any atom is -0.311 e. The SMILES string of the molecule is CC(C)CC1CNC(C(C)C)CN1C1CCCCC1. The number of nitrogens with zero attached hydrogens (tertiary/aromatic N) is 1. The average Bonchev–Trinajstić information content (AvgIpc) is 2.39. The molecular weight excluding hydrogens is 232 g/mol. The molecular formula is C17H34N2. The molecule has 2 atom stereocenters. The highest BCUT2D eigenvalue weighted by molar-refractivity contribution is 4.92. The highest BCUT2D eigenvalue weighted by Gasteiger charge is 2.34. The van der Waals surface area contributed by atoms with Gasteiger partial charge in [-0.2, -0.15) is 0 Å². The molecule has 0 aromatic rings. The van der Waals surface area contributed by atoms with Crippen LogP contribution in [0.3, 0.4) is 0 Å². The first-order chi connectivity index (χ1) is 9.08. The third kappa shape index (κ3) is 4.19. The Kier molecular flexibility index (Phi) is 5.70. The molecule has 2 fully saturated rings. The maximum atomic E-state index is 3.80. The van der Waals surface area contributed by atoms with Crippen LogP contribution in [0.15, 0.2) is 0 Å². The van der Waals surface area contributed by atoms with Gasteiger partial charge in [0.2, 0.25) is 0 Å². The van der Waals surface area contributed by atoms with E-state index < -0.39 is 0 Å². The van der Waals surface area contributed by atoms with Gasteiger partial charge in [-0.15, -0.1) is 0 Å². The number of nitrogens with one attached hydrogen (secondary N) is 1. The van der Waals surface area contributed by atoms with Gasteiger partial charge in [0.05, 0.1) is 0 Å². The monoisotopic (exact) mass is 266 g/mol. The molecule has 1 saturated carbocycles. The standard InChI is InChI=1S/C17H34N2/c1-13(2)10-16-11-18-17(14(3)4)12-19(16)15-8-6-5-7-9-15/h13-18H,5-12H2,1-4H3. The van der Waals surface area contributed by atoms with E-state index >= 15 is 0 Å². The van der Waals surface area contributed by atoms with E-state index in [-0.39, 0.29) is 0 Å². The van der Waals surface area contributed by atoms with Crippen molar-refractivity contribution in [1.29, 1.82) is 0 Å². The highest BCUT2D eigenvalue weighted by Crippen LogP contribution is 2.28. The van der Waals surface area contributed by atoms with Gasteiger partial charge >= 0.3 is 0 Å². The van der Waals surface area contributed by atoms with Crippen molar-refractivity contribution < 1.29 is 0 Å². The van der Waals surface area contributed by atoms with Crippen LogP contribution in [0.5, 0.6) is 0 Å². The molecule has 1 saturated heterocycles. The summed E-state index contributed by atoms with van der Waals surface area (Å²) in [7, 11) is 0. The van der Waals surface area contributed by atoms with Crippen molar-refractivity contribution >= 4 is 0 Å². The molecule has 2 nitrogen and oxygen atoms in total. The maximum Gasteiger partial charge on any atom is 0.0226 e. The summed E-state index contributed by atoms with van der Waals surface area (Å²) >= 11 is 0. The normalized spacial score (nSPS) is 31.3. The van der Waals surface area contributed by atoms with Gasteiger partial charge in [-0.1, -0.05) is 47.0 Å². The lowest BCUT2D eigenvalue weighted by atomic mass is 9.88. The Labute approximate surface area is 120 Å². The molecule has 0 spiro atoms. The molecule has 1 heterocycles. The Balaban J connectivity index is 2.01. The predicted octanol–water partition coefficient (Wildman–Crippen LogP) is 3.66. The van der Waals surface area contributed by atoms with Crippen LogP contribution in [0.4, 0.5) is 0 Å². The van der Waals surface area contributed by atoms with Gasteiger partial charge in [-0.05, 0) is 31.1 Å². The molecule has 2 aliphatic rings. The molecule has 19 heavy (non-hydrogen) atoms. The zero-order valence-electron chi connectivity index (χ0n) is 13.5. The van der Waals surface area contributed by atoms with Crippen LogP contribution in [0.25, 0.3) is 0 Å². The van der Waals surface area contributed by atoms with Crippen molar-refractivity contribution in [2.24, 2.45) is 11.8 Å². The Bertz CT molecular complexity index is 256. The Morgan fingerprint density at radius 1 is 1.05 bits per heavy atom. The summed E-state index contributed by atoms with van der Waals surface area (Å²) < 4.78 is 0. The van der Waals surface area contributed by atoms with E-state index in [0.29, 0.717) is 6.04 Å². The smallest absolute Gasteiger partial charge is 0.0226 e. The molecule has 112 valence electrons. The Morgan fingerprint density at radius 3 is 2.32 bits per heavy atom. The average molecular weight is 266 g/mol. The Morgan fingerprint density at radius 2 is 1.74 bits per heavy atom. The molecule has 0 amide bonds. The molecule has 0 aromatic carbocycles. The molecule has 0 radical (unpaired) electrons. The second-order valence-electron chi connectivity index (χ2n) is 7.53. The molecule has 2 rings (SSSR count). The number of rotatable bonds is 4. The summed E-state index contributed by atoms with van der Waals surface area (Å²) in [6, 6.07) is 2.35. The van der Waals surface area contributed by atoms with Crippen LogP contribution in [-0.4, -0.2) is 36.1 Å². The number of hydrogen-bond acceptors (Lipinski definition) is 2. The van der Waals surface area contributed by atoms with Crippen molar-refractivity contribution in [2.75, 3.05) is 13.1 Å². The summed E-state index contributed by atoms with van der Waals surface area (Å²) in [5.41, 5.74) is 0. The predicted molar refractivity (Wildman–Crippen MR) is 83.5 cm³/mol. The minimum absolute atomic E-state index is 0.699. The maximum absolute atomic E-state index is 3.80. The number of piperazine rings is 1. The van der Waals surface area contributed by atoms with Crippen LogP contribution in [0, 0.1) is 11.8 Å². The quantitative estimate of drug-likeness (QED) is 0.835. The minimum atomic E-state index is 0.699. The van der Waals surface area contributed by atoms with Crippen molar-refractivity contribution in [3.05, 3.63) is 0 Å². The highest BCUT2D eigenvalue weighted by atomic mass is 15.3. The fourth-order valence-electron chi connectivity index (χ4n) is 3.91. The van der Waals surface area contributed by atoms with E-state index in [1.807, 2.05) is 0 Å². The molecule has 2 unspecified atom stereocenters. The lowest BCUT2D eigenvalue weighted by Gasteiger charge is -2.47. The Hall–Kier alpha value is -0.0800. The van der Waals surface area contributed by atoms with Crippen LogP contribution < -0.4 is 5.32 Å². The second kappa shape index (κ2) is 7.08. The molecule has 1 N–H and O–H groups in total. The topological polar surface area (TPSA) is 15.3 Å². The van der Waals surface area contributed by atoms with Gasteiger partial charge in [-0.3, -0.25) is 4.90 Å². The fourth-order valence-corrected chi connectivity index (χ4v) is 3.91. The molecule has 0 bridgehead atoms. The van der Waals surface area contributed by atoms with E-state index in [9.17, 15) is 0 Å². The van der Waals surface area contributed by atoms with Crippen LogP contribution in [-0.2, 0) is 0 Å². The van der Waals surface area contributed by atoms with E-state index in [1.165, 1.54) is 51.6 Å². The van der Waals surface area contributed by atoms with Crippen molar-refractivity contribution in [3.8, 4) is 0 Å². The first kappa shape index (κ1) is 15.3. The molecule has 2 heteroatoms. The van der Waals surface area contributed by atoms with Gasteiger partial charge < -0.3 is 5.32 Å². The van der Waals surface area contributed by atoms with Gasteiger partial charge in [0, 0.05) is 31.2 Å². The molecule has 0 aromatic heterocycles. The first-order valence-electron chi connectivity index (χ1n) is 8.57. The lowest BCUT2D eigenvalue weighted by Crippen LogP contribution is -2.61. The summed E-state index contributed by atoms with van der Waals surface area (Å²) in [6.45, 7) is 11.9. The molecule has 1 aliphatic carbocycles. The van der Waals surface area contributed by atoms with Gasteiger partial charge in [0.1, 0.15) is 0 Å². The second-order valence-corrected chi connectivity index (χ2v) is 7.53. The third-order valence-corrected chi connectivity index (χ3v) is 5.08. The summed E-state index contributed by atoms with van der Waals surface area (Å²) in [6.07, 6.45) is 8.61. The zero-order chi connectivity index (χ0) is 13.8. The summed E-state index contributed by atoms with van der Waals surface area (Å²) in [5, 5.41) is 3.80. The first-order valence-corrected chi connectivity index (χ1v) is 8.57. The molecule has 1 aliphatic heterocycles. The van der Waals surface area contributed by atoms with E-state index in [1.54, 1.807) is 0 Å². The largest absolute Gasteiger partial charge is 0.311 e. The van der Waals surface area contributed by atoms with Crippen LogP contribution in [0.2, 0.25) is 0 Å². The number of hydrogen-bond donors (Lipinski definition) is 1. The zero-order valence-corrected chi connectivity index (χ0v) is 13.5. The van der Waals surface area contributed by atoms with Gasteiger partial charge in [0.25, 0.3) is 0 Å².